The molecule has 1 rings (SSSR count). The Hall–Kier alpha value is -1.77. The third kappa shape index (κ3) is 3.85. The topological polar surface area (TPSA) is 52.3 Å². The number of ether oxygens (including phenoxy) is 1. The van der Waals surface area contributed by atoms with Gasteiger partial charge in [-0.2, -0.15) is 0 Å². The van der Waals surface area contributed by atoms with E-state index >= 15 is 0 Å². The molecule has 15 heavy (non-hydrogen) atoms. The molecule has 0 atom stereocenters. The molecule has 0 aliphatic carbocycles. The van der Waals surface area contributed by atoms with Gasteiger partial charge in [-0.1, -0.05) is 30.4 Å². The van der Waals surface area contributed by atoms with Crippen LogP contribution in [0.5, 0.6) is 5.75 Å². The van der Waals surface area contributed by atoms with Gasteiger partial charge < -0.3 is 10.5 Å². The maximum absolute atomic E-state index is 10.5. The Balaban J connectivity index is 2.74. The summed E-state index contributed by atoms with van der Waals surface area (Å²) in [4.78, 5) is 10.5. The van der Waals surface area contributed by atoms with E-state index in [1.807, 2.05) is 37.3 Å². The van der Waals surface area contributed by atoms with Gasteiger partial charge in [0.25, 0.3) is 0 Å². The quantitative estimate of drug-likeness (QED) is 0.799. The van der Waals surface area contributed by atoms with Gasteiger partial charge in [-0.3, -0.25) is 4.79 Å². The van der Waals surface area contributed by atoms with Crippen LogP contribution in [0.3, 0.4) is 0 Å². The number of amides is 1. The summed E-state index contributed by atoms with van der Waals surface area (Å²) in [6.07, 6.45) is 3.83. The van der Waals surface area contributed by atoms with Gasteiger partial charge in [0.05, 0.1) is 6.61 Å². The average molecular weight is 205 g/mol. The molecular weight excluding hydrogens is 190 g/mol. The van der Waals surface area contributed by atoms with Crippen molar-refractivity contribution in [1.29, 1.82) is 0 Å². The van der Waals surface area contributed by atoms with E-state index in [0.29, 0.717) is 6.61 Å². The van der Waals surface area contributed by atoms with E-state index < -0.39 is 0 Å². The first-order valence-corrected chi connectivity index (χ1v) is 4.90. The van der Waals surface area contributed by atoms with Crippen LogP contribution in [0.15, 0.2) is 30.3 Å². The fourth-order valence-electron chi connectivity index (χ4n) is 1.21. The highest BCUT2D eigenvalue weighted by atomic mass is 16.5. The minimum Gasteiger partial charge on any atom is -0.493 e. The number of nitrogens with two attached hydrogens (primary N) is 1. The largest absolute Gasteiger partial charge is 0.493 e. The molecule has 1 aromatic rings. The fraction of sp³-hybridized carbons (Fsp3) is 0.250. The summed E-state index contributed by atoms with van der Waals surface area (Å²) in [5.74, 6) is 0.487. The van der Waals surface area contributed by atoms with Crippen molar-refractivity contribution in [3.05, 3.63) is 35.9 Å². The number of rotatable bonds is 5. The van der Waals surface area contributed by atoms with Gasteiger partial charge in [-0.05, 0) is 13.0 Å². The van der Waals surface area contributed by atoms with Gasteiger partial charge in [-0.15, -0.1) is 0 Å². The molecule has 0 heterocycles. The van der Waals surface area contributed by atoms with E-state index in [1.54, 1.807) is 6.08 Å². The number of primary amides is 1. The first kappa shape index (κ1) is 11.3. The van der Waals surface area contributed by atoms with Gasteiger partial charge in [0.1, 0.15) is 5.75 Å². The van der Waals surface area contributed by atoms with E-state index in [1.165, 1.54) is 0 Å². The standard InChI is InChI=1S/C12H15NO2/c1-2-15-11-8-4-3-6-10(11)7-5-9-12(13)14/h3-8H,2,9H2,1H3,(H2,13,14). The first-order valence-electron chi connectivity index (χ1n) is 4.90. The van der Waals surface area contributed by atoms with E-state index in [2.05, 4.69) is 0 Å². The SMILES string of the molecule is CCOc1ccccc1C=CCC(N)=O. The Morgan fingerprint density at radius 2 is 2.20 bits per heavy atom. The third-order valence-corrected chi connectivity index (χ3v) is 1.84. The lowest BCUT2D eigenvalue weighted by Crippen LogP contribution is -2.07. The molecule has 0 saturated heterocycles. The molecule has 1 aromatic carbocycles. The summed E-state index contributed by atoms with van der Waals surface area (Å²) in [5.41, 5.74) is 5.99. The average Bonchev–Trinajstić information content (AvgIpc) is 2.20. The van der Waals surface area contributed by atoms with Gasteiger partial charge in [-0.25, -0.2) is 0 Å². The maximum atomic E-state index is 10.5. The lowest BCUT2D eigenvalue weighted by molar-refractivity contribution is -0.117. The minimum absolute atomic E-state index is 0.250. The summed E-state index contributed by atoms with van der Waals surface area (Å²) in [6.45, 7) is 2.56. The van der Waals surface area contributed by atoms with Crippen molar-refractivity contribution in [2.45, 2.75) is 13.3 Å². The first-order chi connectivity index (χ1) is 7.24. The van der Waals surface area contributed by atoms with Crippen LogP contribution in [0.2, 0.25) is 0 Å². The van der Waals surface area contributed by atoms with Crippen LogP contribution in [0, 0.1) is 0 Å². The Morgan fingerprint density at radius 1 is 1.47 bits per heavy atom. The van der Waals surface area contributed by atoms with E-state index in [9.17, 15) is 4.79 Å². The van der Waals surface area contributed by atoms with Crippen LogP contribution in [0.1, 0.15) is 18.9 Å². The van der Waals surface area contributed by atoms with Crippen molar-refractivity contribution in [2.75, 3.05) is 6.61 Å². The Morgan fingerprint density at radius 3 is 2.87 bits per heavy atom. The van der Waals surface area contributed by atoms with E-state index in [4.69, 9.17) is 10.5 Å². The zero-order valence-electron chi connectivity index (χ0n) is 8.77. The molecule has 2 N–H and O–H groups in total. The highest BCUT2D eigenvalue weighted by Gasteiger charge is 1.97. The zero-order valence-corrected chi connectivity index (χ0v) is 8.77. The molecule has 0 bridgehead atoms. The molecule has 3 nitrogen and oxygen atoms in total. The normalized spacial score (nSPS) is 10.5. The number of carbonyl (C=O) groups is 1. The molecule has 0 radical (unpaired) electrons. The number of benzene rings is 1. The van der Waals surface area contributed by atoms with Crippen molar-refractivity contribution in [1.82, 2.24) is 0 Å². The highest BCUT2D eigenvalue weighted by molar-refractivity contribution is 5.76. The molecular formula is C12H15NO2. The maximum Gasteiger partial charge on any atom is 0.221 e. The molecule has 0 aliphatic rings. The number of hydrogen-bond donors (Lipinski definition) is 1. The zero-order chi connectivity index (χ0) is 11.1. The van der Waals surface area contributed by atoms with Crippen LogP contribution in [-0.2, 0) is 4.79 Å². The summed E-state index contributed by atoms with van der Waals surface area (Å²) in [6, 6.07) is 7.67. The molecule has 0 aromatic heterocycles. The van der Waals surface area contributed by atoms with Crippen molar-refractivity contribution in [2.24, 2.45) is 5.73 Å². The minimum atomic E-state index is -0.333. The van der Waals surface area contributed by atoms with Crippen LogP contribution in [0.25, 0.3) is 6.08 Å². The van der Waals surface area contributed by atoms with Crippen LogP contribution in [0.4, 0.5) is 0 Å². The number of para-hydroxylation sites is 1. The predicted molar refractivity (Wildman–Crippen MR) is 60.5 cm³/mol. The number of hydrogen-bond acceptors (Lipinski definition) is 2. The second-order valence-corrected chi connectivity index (χ2v) is 3.04. The second-order valence-electron chi connectivity index (χ2n) is 3.04. The Labute approximate surface area is 89.5 Å². The van der Waals surface area contributed by atoms with Crippen molar-refractivity contribution >= 4 is 12.0 Å². The van der Waals surface area contributed by atoms with Crippen LogP contribution in [-0.4, -0.2) is 12.5 Å². The van der Waals surface area contributed by atoms with E-state index in [-0.39, 0.29) is 12.3 Å². The molecule has 80 valence electrons. The van der Waals surface area contributed by atoms with Crippen molar-refractivity contribution < 1.29 is 9.53 Å². The second kappa shape index (κ2) is 5.86. The van der Waals surface area contributed by atoms with Crippen LogP contribution >= 0.6 is 0 Å². The molecule has 1 amide bonds. The Kier molecular flexibility index (Phi) is 4.41. The number of carbonyl (C=O) groups excluding carboxylic acids is 1. The molecule has 0 saturated carbocycles. The predicted octanol–water partition coefficient (Wildman–Crippen LogP) is 1.97. The van der Waals surface area contributed by atoms with Gasteiger partial charge >= 0.3 is 0 Å². The smallest absolute Gasteiger partial charge is 0.221 e. The molecule has 0 fully saturated rings. The van der Waals surface area contributed by atoms with Crippen LogP contribution < -0.4 is 10.5 Å². The van der Waals surface area contributed by atoms with Gasteiger partial charge in [0, 0.05) is 12.0 Å². The van der Waals surface area contributed by atoms with Crippen molar-refractivity contribution in [3.63, 3.8) is 0 Å². The third-order valence-electron chi connectivity index (χ3n) is 1.84. The lowest BCUT2D eigenvalue weighted by atomic mass is 10.2. The van der Waals surface area contributed by atoms with E-state index in [0.717, 1.165) is 11.3 Å². The lowest BCUT2D eigenvalue weighted by Gasteiger charge is -2.05. The van der Waals surface area contributed by atoms with Crippen molar-refractivity contribution in [3.8, 4) is 5.75 Å². The fourth-order valence-corrected chi connectivity index (χ4v) is 1.21. The summed E-state index contributed by atoms with van der Waals surface area (Å²) in [7, 11) is 0. The van der Waals surface area contributed by atoms with Gasteiger partial charge in [0.15, 0.2) is 0 Å². The molecule has 0 aliphatic heterocycles. The Bertz CT molecular complexity index is 358. The van der Waals surface area contributed by atoms with Gasteiger partial charge in [0.2, 0.25) is 5.91 Å². The molecule has 0 spiro atoms. The highest BCUT2D eigenvalue weighted by Crippen LogP contribution is 2.19. The molecule has 3 heteroatoms. The molecule has 0 unspecified atom stereocenters. The summed E-state index contributed by atoms with van der Waals surface area (Å²) < 4.78 is 5.43. The monoisotopic (exact) mass is 205 g/mol. The summed E-state index contributed by atoms with van der Waals surface area (Å²) in [5, 5.41) is 0. The summed E-state index contributed by atoms with van der Waals surface area (Å²) >= 11 is 0.